The largest absolute Gasteiger partial charge is 0.478 e. The molecular weight excluding hydrogens is 170 g/mol. The maximum atomic E-state index is 10.1. The second kappa shape index (κ2) is 4.39. The fraction of sp³-hybridized carbons (Fsp3) is 0.667. The van der Waals surface area contributed by atoms with Crippen molar-refractivity contribution < 1.29 is 15.0 Å². The first-order valence-corrected chi connectivity index (χ1v) is 4.44. The van der Waals surface area contributed by atoms with E-state index in [4.69, 9.17) is 10.2 Å². The van der Waals surface area contributed by atoms with E-state index in [1.807, 2.05) is 0 Å². The van der Waals surface area contributed by atoms with Gasteiger partial charge in [-0.05, 0) is 19.3 Å². The molecule has 0 atom stereocenters. The Morgan fingerprint density at radius 2 is 2.23 bits per heavy atom. The molecule has 0 radical (unpaired) electrons. The second-order valence-corrected chi connectivity index (χ2v) is 3.41. The molecule has 0 aromatic carbocycles. The van der Waals surface area contributed by atoms with E-state index in [1.165, 1.54) is 0 Å². The fourth-order valence-electron chi connectivity index (χ4n) is 1.43. The van der Waals surface area contributed by atoms with Crippen LogP contribution in [0.4, 0.5) is 0 Å². The van der Waals surface area contributed by atoms with Crippen LogP contribution >= 0.6 is 0 Å². The molecule has 0 amide bonds. The van der Waals surface area contributed by atoms with E-state index in [0.29, 0.717) is 6.54 Å². The summed E-state index contributed by atoms with van der Waals surface area (Å²) < 4.78 is 0. The lowest BCUT2D eigenvalue weighted by atomic mass is 9.77. The first-order chi connectivity index (χ1) is 6.18. The van der Waals surface area contributed by atoms with Gasteiger partial charge in [-0.2, -0.15) is 0 Å². The van der Waals surface area contributed by atoms with Crippen LogP contribution in [0.3, 0.4) is 0 Å². The lowest BCUT2D eigenvalue weighted by Gasteiger charge is -2.41. The van der Waals surface area contributed by atoms with Crippen molar-refractivity contribution in [1.82, 2.24) is 5.32 Å². The zero-order valence-electron chi connectivity index (χ0n) is 7.49. The summed E-state index contributed by atoms with van der Waals surface area (Å²) in [7, 11) is 0. The topological polar surface area (TPSA) is 69.6 Å². The standard InChI is InChI=1S/C9H15NO3/c11-7-9(4-2-5-9)10-6-1-3-8(12)13/h1,3,10-11H,2,4-7H2,(H,12,13)/b3-1+. The Hall–Kier alpha value is -0.870. The van der Waals surface area contributed by atoms with Crippen LogP contribution in [-0.2, 0) is 4.79 Å². The Morgan fingerprint density at radius 1 is 1.54 bits per heavy atom. The average Bonchev–Trinajstić information content (AvgIpc) is 2.01. The maximum absolute atomic E-state index is 10.1. The van der Waals surface area contributed by atoms with E-state index in [-0.39, 0.29) is 12.1 Å². The minimum absolute atomic E-state index is 0.133. The molecule has 0 spiro atoms. The molecule has 1 saturated carbocycles. The second-order valence-electron chi connectivity index (χ2n) is 3.41. The number of aliphatic hydroxyl groups excluding tert-OH is 1. The van der Waals surface area contributed by atoms with Crippen LogP contribution in [0.1, 0.15) is 19.3 Å². The van der Waals surface area contributed by atoms with Gasteiger partial charge < -0.3 is 15.5 Å². The molecule has 1 aliphatic carbocycles. The van der Waals surface area contributed by atoms with Crippen molar-refractivity contribution >= 4 is 5.97 Å². The summed E-state index contributed by atoms with van der Waals surface area (Å²) >= 11 is 0. The predicted octanol–water partition coefficient (Wildman–Crippen LogP) is 0.132. The van der Waals surface area contributed by atoms with Crippen LogP contribution in [0.15, 0.2) is 12.2 Å². The number of aliphatic carboxylic acids is 1. The van der Waals surface area contributed by atoms with Crippen molar-refractivity contribution in [2.45, 2.75) is 24.8 Å². The van der Waals surface area contributed by atoms with Gasteiger partial charge in [-0.25, -0.2) is 4.79 Å². The van der Waals surface area contributed by atoms with E-state index in [1.54, 1.807) is 6.08 Å². The Labute approximate surface area is 77.3 Å². The van der Waals surface area contributed by atoms with Crippen LogP contribution in [0.5, 0.6) is 0 Å². The van der Waals surface area contributed by atoms with Crippen LogP contribution in [0.2, 0.25) is 0 Å². The summed E-state index contributed by atoms with van der Waals surface area (Å²) in [5.74, 6) is -0.937. The first-order valence-electron chi connectivity index (χ1n) is 4.44. The SMILES string of the molecule is O=C(O)/C=C/CNC1(CO)CCC1. The normalized spacial score (nSPS) is 20.1. The van der Waals surface area contributed by atoms with E-state index >= 15 is 0 Å². The first kappa shape index (κ1) is 10.2. The zero-order chi connectivity index (χ0) is 9.73. The number of carbonyl (C=O) groups is 1. The quantitative estimate of drug-likeness (QED) is 0.532. The highest BCUT2D eigenvalue weighted by molar-refractivity contribution is 5.79. The number of aliphatic hydroxyl groups is 1. The third kappa shape index (κ3) is 2.82. The molecule has 0 aromatic rings. The van der Waals surface area contributed by atoms with Gasteiger partial charge in [-0.15, -0.1) is 0 Å². The van der Waals surface area contributed by atoms with Gasteiger partial charge in [0.05, 0.1) is 6.61 Å². The lowest BCUT2D eigenvalue weighted by molar-refractivity contribution is -0.131. The molecule has 0 heterocycles. The predicted molar refractivity (Wildman–Crippen MR) is 48.4 cm³/mol. The maximum Gasteiger partial charge on any atom is 0.328 e. The van der Waals surface area contributed by atoms with Crippen molar-refractivity contribution in [3.63, 3.8) is 0 Å². The van der Waals surface area contributed by atoms with Gasteiger partial charge in [0.2, 0.25) is 0 Å². The molecule has 0 aromatic heterocycles. The number of carboxylic acids is 1. The van der Waals surface area contributed by atoms with Gasteiger partial charge in [-0.3, -0.25) is 0 Å². The van der Waals surface area contributed by atoms with Crippen LogP contribution in [0, 0.1) is 0 Å². The highest BCUT2D eigenvalue weighted by atomic mass is 16.4. The van der Waals surface area contributed by atoms with Crippen molar-refractivity contribution in [1.29, 1.82) is 0 Å². The molecule has 4 heteroatoms. The Kier molecular flexibility index (Phi) is 3.45. The molecule has 1 rings (SSSR count). The van der Waals surface area contributed by atoms with Gasteiger partial charge in [0.1, 0.15) is 0 Å². The number of nitrogens with one attached hydrogen (secondary N) is 1. The summed E-state index contributed by atoms with van der Waals surface area (Å²) in [6.07, 6.45) is 5.75. The molecule has 3 N–H and O–H groups in total. The number of hydrogen-bond donors (Lipinski definition) is 3. The summed E-state index contributed by atoms with van der Waals surface area (Å²) in [5.41, 5.74) is -0.136. The van der Waals surface area contributed by atoms with Gasteiger partial charge in [0, 0.05) is 18.2 Å². The highest BCUT2D eigenvalue weighted by Crippen LogP contribution is 2.30. The molecule has 4 nitrogen and oxygen atoms in total. The van der Waals surface area contributed by atoms with Gasteiger partial charge in [0.25, 0.3) is 0 Å². The van der Waals surface area contributed by atoms with Gasteiger partial charge >= 0.3 is 5.97 Å². The summed E-state index contributed by atoms with van der Waals surface area (Å²) in [6, 6.07) is 0. The highest BCUT2D eigenvalue weighted by Gasteiger charge is 2.34. The smallest absolute Gasteiger partial charge is 0.328 e. The summed E-state index contributed by atoms with van der Waals surface area (Å²) in [6.45, 7) is 0.640. The Morgan fingerprint density at radius 3 is 2.62 bits per heavy atom. The van der Waals surface area contributed by atoms with Crippen LogP contribution < -0.4 is 5.32 Å². The Bertz CT molecular complexity index is 203. The molecule has 0 unspecified atom stereocenters. The number of carboxylic acid groups (broad SMARTS) is 1. The summed E-state index contributed by atoms with van der Waals surface area (Å²) in [5, 5.41) is 20.5. The van der Waals surface area contributed by atoms with Gasteiger partial charge in [0.15, 0.2) is 0 Å². The molecule has 0 saturated heterocycles. The average molecular weight is 185 g/mol. The molecular formula is C9H15NO3. The summed E-state index contributed by atoms with van der Waals surface area (Å²) in [4.78, 5) is 10.1. The van der Waals surface area contributed by atoms with Crippen molar-refractivity contribution in [2.75, 3.05) is 13.2 Å². The van der Waals surface area contributed by atoms with Crippen molar-refractivity contribution in [3.8, 4) is 0 Å². The third-order valence-corrected chi connectivity index (χ3v) is 2.47. The third-order valence-electron chi connectivity index (χ3n) is 2.47. The fourth-order valence-corrected chi connectivity index (χ4v) is 1.43. The monoisotopic (exact) mass is 185 g/mol. The number of rotatable bonds is 5. The van der Waals surface area contributed by atoms with E-state index < -0.39 is 5.97 Å². The minimum Gasteiger partial charge on any atom is -0.478 e. The van der Waals surface area contributed by atoms with Crippen molar-refractivity contribution in [3.05, 3.63) is 12.2 Å². The molecule has 0 bridgehead atoms. The molecule has 13 heavy (non-hydrogen) atoms. The van der Waals surface area contributed by atoms with Crippen LogP contribution in [-0.4, -0.2) is 34.9 Å². The Balaban J connectivity index is 2.21. The van der Waals surface area contributed by atoms with Crippen molar-refractivity contribution in [2.24, 2.45) is 0 Å². The molecule has 1 aliphatic rings. The molecule has 1 fully saturated rings. The number of hydrogen-bond acceptors (Lipinski definition) is 3. The van der Waals surface area contributed by atoms with E-state index in [2.05, 4.69) is 5.32 Å². The van der Waals surface area contributed by atoms with E-state index in [0.717, 1.165) is 25.3 Å². The van der Waals surface area contributed by atoms with Crippen LogP contribution in [0.25, 0.3) is 0 Å². The molecule has 0 aliphatic heterocycles. The molecule has 74 valence electrons. The zero-order valence-corrected chi connectivity index (χ0v) is 7.49. The lowest BCUT2D eigenvalue weighted by Crippen LogP contribution is -2.53. The van der Waals surface area contributed by atoms with E-state index in [9.17, 15) is 4.79 Å². The minimum atomic E-state index is -0.937. The van der Waals surface area contributed by atoms with Gasteiger partial charge in [-0.1, -0.05) is 6.08 Å².